The fourth-order valence-corrected chi connectivity index (χ4v) is 3.32. The molecule has 0 saturated heterocycles. The van der Waals surface area contributed by atoms with E-state index in [1.807, 2.05) is 43.0 Å². The SMILES string of the molecule is CCOc1ccc(NC(=S)NCCSCc2ccccc2C)cc1. The Balaban J connectivity index is 1.63. The number of hydrogen-bond acceptors (Lipinski definition) is 3. The van der Waals surface area contributed by atoms with E-state index in [1.54, 1.807) is 0 Å². The van der Waals surface area contributed by atoms with E-state index < -0.39 is 0 Å². The second-order valence-corrected chi connectivity index (χ2v) is 6.83. The minimum Gasteiger partial charge on any atom is -0.494 e. The van der Waals surface area contributed by atoms with Crippen LogP contribution >= 0.6 is 24.0 Å². The molecule has 5 heteroatoms. The summed E-state index contributed by atoms with van der Waals surface area (Å²) in [6, 6.07) is 16.3. The summed E-state index contributed by atoms with van der Waals surface area (Å²) in [5.74, 6) is 2.92. The van der Waals surface area contributed by atoms with Gasteiger partial charge in [-0.15, -0.1) is 0 Å². The number of nitrogens with one attached hydrogen (secondary N) is 2. The third kappa shape index (κ3) is 6.42. The largest absolute Gasteiger partial charge is 0.494 e. The first-order valence-electron chi connectivity index (χ1n) is 8.09. The van der Waals surface area contributed by atoms with E-state index in [1.165, 1.54) is 11.1 Å². The predicted octanol–water partition coefficient (Wildman–Crippen LogP) is 4.61. The van der Waals surface area contributed by atoms with Crippen molar-refractivity contribution in [2.75, 3.05) is 24.2 Å². The summed E-state index contributed by atoms with van der Waals surface area (Å²) in [5, 5.41) is 7.07. The number of hydrogen-bond donors (Lipinski definition) is 2. The molecule has 0 aliphatic heterocycles. The molecule has 2 N–H and O–H groups in total. The van der Waals surface area contributed by atoms with Crippen molar-refractivity contribution in [3.8, 4) is 5.75 Å². The van der Waals surface area contributed by atoms with E-state index in [9.17, 15) is 0 Å². The molecule has 128 valence electrons. The van der Waals surface area contributed by atoms with E-state index in [4.69, 9.17) is 17.0 Å². The highest BCUT2D eigenvalue weighted by Crippen LogP contribution is 2.16. The molecule has 0 bridgehead atoms. The van der Waals surface area contributed by atoms with E-state index in [0.717, 1.165) is 29.5 Å². The molecule has 24 heavy (non-hydrogen) atoms. The molecule has 0 heterocycles. The average molecular weight is 361 g/mol. The molecule has 0 aromatic heterocycles. The van der Waals surface area contributed by atoms with Crippen LogP contribution in [0.4, 0.5) is 5.69 Å². The topological polar surface area (TPSA) is 33.3 Å². The Kier molecular flexibility index (Phi) is 7.92. The summed E-state index contributed by atoms with van der Waals surface area (Å²) in [5.41, 5.74) is 3.71. The molecule has 3 nitrogen and oxygen atoms in total. The number of thioether (sulfide) groups is 1. The van der Waals surface area contributed by atoms with E-state index >= 15 is 0 Å². The number of anilines is 1. The van der Waals surface area contributed by atoms with Gasteiger partial charge in [0.15, 0.2) is 5.11 Å². The lowest BCUT2D eigenvalue weighted by Crippen LogP contribution is -2.30. The first-order valence-corrected chi connectivity index (χ1v) is 9.65. The summed E-state index contributed by atoms with van der Waals surface area (Å²) in [6.45, 7) is 5.65. The quantitative estimate of drug-likeness (QED) is 0.530. The van der Waals surface area contributed by atoms with Gasteiger partial charge in [-0.2, -0.15) is 11.8 Å². The molecule has 0 spiro atoms. The first kappa shape index (κ1) is 18.6. The van der Waals surface area contributed by atoms with Crippen molar-refractivity contribution in [2.45, 2.75) is 19.6 Å². The summed E-state index contributed by atoms with van der Waals surface area (Å²) in [6.07, 6.45) is 0. The van der Waals surface area contributed by atoms with Crippen LogP contribution in [0.3, 0.4) is 0 Å². The maximum atomic E-state index is 5.42. The van der Waals surface area contributed by atoms with Crippen LogP contribution in [0.1, 0.15) is 18.1 Å². The van der Waals surface area contributed by atoms with Crippen molar-refractivity contribution in [2.24, 2.45) is 0 Å². The van der Waals surface area contributed by atoms with Gasteiger partial charge in [0.1, 0.15) is 5.75 Å². The normalized spacial score (nSPS) is 10.2. The average Bonchev–Trinajstić information content (AvgIpc) is 2.58. The summed E-state index contributed by atoms with van der Waals surface area (Å²) >= 11 is 7.23. The van der Waals surface area contributed by atoms with Crippen molar-refractivity contribution in [1.82, 2.24) is 5.32 Å². The van der Waals surface area contributed by atoms with Gasteiger partial charge in [0.05, 0.1) is 6.61 Å². The summed E-state index contributed by atoms with van der Waals surface area (Å²) in [4.78, 5) is 0. The van der Waals surface area contributed by atoms with E-state index in [0.29, 0.717) is 11.7 Å². The van der Waals surface area contributed by atoms with Crippen LogP contribution in [-0.2, 0) is 5.75 Å². The van der Waals surface area contributed by atoms with Gasteiger partial charge in [-0.3, -0.25) is 0 Å². The third-order valence-electron chi connectivity index (χ3n) is 3.47. The Bertz CT molecular complexity index is 644. The second kappa shape index (κ2) is 10.2. The van der Waals surface area contributed by atoms with Crippen molar-refractivity contribution in [1.29, 1.82) is 0 Å². The highest BCUT2D eigenvalue weighted by Gasteiger charge is 2.00. The van der Waals surface area contributed by atoms with Gasteiger partial charge in [-0.05, 0) is 61.5 Å². The zero-order valence-electron chi connectivity index (χ0n) is 14.2. The number of aryl methyl sites for hydroxylation is 1. The van der Waals surface area contributed by atoms with E-state index in [2.05, 4.69) is 41.8 Å². The molecule has 0 aliphatic carbocycles. The minimum absolute atomic E-state index is 0.649. The smallest absolute Gasteiger partial charge is 0.170 e. The summed E-state index contributed by atoms with van der Waals surface area (Å²) in [7, 11) is 0. The number of rotatable bonds is 8. The lowest BCUT2D eigenvalue weighted by molar-refractivity contribution is 0.340. The predicted molar refractivity (Wildman–Crippen MR) is 109 cm³/mol. The highest BCUT2D eigenvalue weighted by molar-refractivity contribution is 7.98. The Labute approximate surface area is 154 Å². The van der Waals surface area contributed by atoms with Gasteiger partial charge in [0, 0.05) is 23.7 Å². The zero-order valence-corrected chi connectivity index (χ0v) is 15.8. The van der Waals surface area contributed by atoms with Gasteiger partial charge < -0.3 is 15.4 Å². The number of benzene rings is 2. The first-order chi connectivity index (χ1) is 11.7. The fourth-order valence-electron chi connectivity index (χ4n) is 2.17. The van der Waals surface area contributed by atoms with Crippen LogP contribution < -0.4 is 15.4 Å². The lowest BCUT2D eigenvalue weighted by atomic mass is 10.1. The maximum absolute atomic E-state index is 5.42. The van der Waals surface area contributed by atoms with Crippen LogP contribution in [0.15, 0.2) is 48.5 Å². The van der Waals surface area contributed by atoms with Gasteiger partial charge in [0.25, 0.3) is 0 Å². The van der Waals surface area contributed by atoms with Crippen LogP contribution in [-0.4, -0.2) is 24.0 Å². The zero-order chi connectivity index (χ0) is 17.2. The van der Waals surface area contributed by atoms with E-state index in [-0.39, 0.29) is 0 Å². The highest BCUT2D eigenvalue weighted by atomic mass is 32.2. The van der Waals surface area contributed by atoms with Crippen LogP contribution in [0.2, 0.25) is 0 Å². The van der Waals surface area contributed by atoms with Gasteiger partial charge in [-0.1, -0.05) is 24.3 Å². The van der Waals surface area contributed by atoms with Crippen LogP contribution in [0.5, 0.6) is 5.75 Å². The molecule has 0 fully saturated rings. The van der Waals surface area contributed by atoms with Crippen molar-refractivity contribution in [3.63, 3.8) is 0 Å². The molecular formula is C19H24N2OS2. The Hall–Kier alpha value is -1.72. The van der Waals surface area contributed by atoms with Crippen molar-refractivity contribution in [3.05, 3.63) is 59.7 Å². The van der Waals surface area contributed by atoms with Crippen molar-refractivity contribution >= 4 is 34.8 Å². The van der Waals surface area contributed by atoms with Crippen LogP contribution in [0.25, 0.3) is 0 Å². The maximum Gasteiger partial charge on any atom is 0.170 e. The van der Waals surface area contributed by atoms with Gasteiger partial charge in [-0.25, -0.2) is 0 Å². The Morgan fingerprint density at radius 2 is 1.88 bits per heavy atom. The molecule has 0 amide bonds. The molecule has 2 aromatic carbocycles. The van der Waals surface area contributed by atoms with Gasteiger partial charge in [0.2, 0.25) is 0 Å². The molecule has 0 aliphatic rings. The molecule has 0 unspecified atom stereocenters. The van der Waals surface area contributed by atoms with Gasteiger partial charge >= 0.3 is 0 Å². The molecule has 0 atom stereocenters. The fraction of sp³-hybridized carbons (Fsp3) is 0.316. The molecule has 0 saturated carbocycles. The number of ether oxygens (including phenoxy) is 1. The monoisotopic (exact) mass is 360 g/mol. The molecular weight excluding hydrogens is 336 g/mol. The molecule has 2 aromatic rings. The second-order valence-electron chi connectivity index (χ2n) is 5.32. The van der Waals surface area contributed by atoms with Crippen LogP contribution in [0, 0.1) is 6.92 Å². The molecule has 0 radical (unpaired) electrons. The standard InChI is InChI=1S/C19H24N2OS2/c1-3-22-18-10-8-17(9-11-18)21-19(23)20-12-13-24-14-16-7-5-4-6-15(16)2/h4-11H,3,12-14H2,1-2H3,(H2,20,21,23). The lowest BCUT2D eigenvalue weighted by Gasteiger charge is -2.11. The Morgan fingerprint density at radius 1 is 1.12 bits per heavy atom. The Morgan fingerprint density at radius 3 is 2.58 bits per heavy atom. The molecule has 2 rings (SSSR count). The van der Waals surface area contributed by atoms with Crippen molar-refractivity contribution < 1.29 is 4.74 Å². The number of thiocarbonyl (C=S) groups is 1. The minimum atomic E-state index is 0.649. The third-order valence-corrected chi connectivity index (χ3v) is 4.73. The summed E-state index contributed by atoms with van der Waals surface area (Å²) < 4.78 is 5.42.